The molecule has 0 saturated heterocycles. The maximum Gasteiger partial charge on any atom is 0.155 e. The lowest BCUT2D eigenvalue weighted by atomic mass is 10.1. The van der Waals surface area contributed by atoms with Crippen LogP contribution in [0.5, 0.6) is 0 Å². The van der Waals surface area contributed by atoms with E-state index >= 15 is 0 Å². The first kappa shape index (κ1) is 13.5. The zero-order chi connectivity index (χ0) is 11.5. The van der Waals surface area contributed by atoms with Crippen molar-refractivity contribution in [2.24, 2.45) is 0 Å². The van der Waals surface area contributed by atoms with Crippen LogP contribution in [-0.4, -0.2) is 5.78 Å². The first-order chi connectivity index (χ1) is 7.89. The van der Waals surface area contributed by atoms with Crippen molar-refractivity contribution in [3.05, 3.63) is 12.2 Å². The van der Waals surface area contributed by atoms with E-state index in [1.807, 2.05) is 0 Å². The lowest BCUT2D eigenvalue weighted by Gasteiger charge is -2.01. The van der Waals surface area contributed by atoms with Crippen LogP contribution in [0.2, 0.25) is 0 Å². The molecule has 0 aromatic rings. The third kappa shape index (κ3) is 7.67. The van der Waals surface area contributed by atoms with Gasteiger partial charge in [0.05, 0.1) is 0 Å². The van der Waals surface area contributed by atoms with Crippen LogP contribution in [0.15, 0.2) is 12.2 Å². The Kier molecular flexibility index (Phi) is 8.10. The summed E-state index contributed by atoms with van der Waals surface area (Å²) < 4.78 is 0. The number of ketones is 1. The quantitative estimate of drug-likeness (QED) is 0.575. The summed E-state index contributed by atoms with van der Waals surface area (Å²) >= 11 is 0. The molecule has 1 rings (SSSR count). The van der Waals surface area contributed by atoms with Crippen molar-refractivity contribution in [3.63, 3.8) is 0 Å². The van der Waals surface area contributed by atoms with Crippen molar-refractivity contribution in [2.45, 2.75) is 77.0 Å². The molecule has 0 spiro atoms. The van der Waals surface area contributed by atoms with Crippen molar-refractivity contribution < 1.29 is 4.79 Å². The Morgan fingerprint density at radius 2 is 1.19 bits per heavy atom. The van der Waals surface area contributed by atoms with E-state index in [9.17, 15) is 4.79 Å². The van der Waals surface area contributed by atoms with Crippen LogP contribution in [-0.2, 0) is 4.79 Å². The van der Waals surface area contributed by atoms with Crippen LogP contribution in [0.3, 0.4) is 0 Å². The standard InChI is InChI=1S/C15H26O/c16-15-13-11-9-7-5-3-1-2-4-6-8-10-12-14-15/h11,13H,1-10,12,14H2/b13-11-. The van der Waals surface area contributed by atoms with Gasteiger partial charge in [0.25, 0.3) is 0 Å². The first-order valence-electron chi connectivity index (χ1n) is 7.09. The summed E-state index contributed by atoms with van der Waals surface area (Å²) in [5, 5.41) is 0. The van der Waals surface area contributed by atoms with Gasteiger partial charge in [0.15, 0.2) is 5.78 Å². The normalized spacial score (nSPS) is 24.4. The molecule has 0 N–H and O–H groups in total. The molecule has 0 aromatic carbocycles. The molecule has 0 aromatic heterocycles. The van der Waals surface area contributed by atoms with E-state index in [2.05, 4.69) is 6.08 Å². The number of carbonyl (C=O) groups excluding carboxylic acids is 1. The first-order valence-corrected chi connectivity index (χ1v) is 7.09. The van der Waals surface area contributed by atoms with Crippen molar-refractivity contribution in [2.75, 3.05) is 0 Å². The second-order valence-corrected chi connectivity index (χ2v) is 4.94. The fourth-order valence-corrected chi connectivity index (χ4v) is 2.27. The molecule has 0 bridgehead atoms. The van der Waals surface area contributed by atoms with E-state index in [4.69, 9.17) is 0 Å². The predicted molar refractivity (Wildman–Crippen MR) is 69.6 cm³/mol. The largest absolute Gasteiger partial charge is 0.295 e. The molecule has 1 aliphatic carbocycles. The molecule has 1 nitrogen and oxygen atoms in total. The summed E-state index contributed by atoms with van der Waals surface area (Å²) in [6.07, 6.45) is 18.9. The van der Waals surface area contributed by atoms with Gasteiger partial charge in [0.1, 0.15) is 0 Å². The van der Waals surface area contributed by atoms with Crippen molar-refractivity contribution in [1.82, 2.24) is 0 Å². The molecular weight excluding hydrogens is 196 g/mol. The Hall–Kier alpha value is -0.590. The van der Waals surface area contributed by atoms with E-state index in [-0.39, 0.29) is 0 Å². The van der Waals surface area contributed by atoms with Crippen LogP contribution in [0, 0.1) is 0 Å². The van der Waals surface area contributed by atoms with Gasteiger partial charge in [0, 0.05) is 6.42 Å². The number of rotatable bonds is 0. The van der Waals surface area contributed by atoms with Crippen molar-refractivity contribution in [3.8, 4) is 0 Å². The topological polar surface area (TPSA) is 17.1 Å². The zero-order valence-electron chi connectivity index (χ0n) is 10.5. The van der Waals surface area contributed by atoms with Gasteiger partial charge in [-0.15, -0.1) is 0 Å². The molecule has 0 amide bonds. The van der Waals surface area contributed by atoms with E-state index in [0.717, 1.165) is 19.3 Å². The average molecular weight is 222 g/mol. The Labute approximate surface area is 100 Å². The number of carbonyl (C=O) groups is 1. The van der Waals surface area contributed by atoms with Gasteiger partial charge in [-0.3, -0.25) is 4.79 Å². The fraction of sp³-hybridized carbons (Fsp3) is 0.800. The highest BCUT2D eigenvalue weighted by Crippen LogP contribution is 2.13. The molecule has 1 aliphatic rings. The Morgan fingerprint density at radius 3 is 1.81 bits per heavy atom. The molecule has 16 heavy (non-hydrogen) atoms. The van der Waals surface area contributed by atoms with Gasteiger partial charge in [-0.05, 0) is 25.3 Å². The minimum absolute atomic E-state index is 0.329. The lowest BCUT2D eigenvalue weighted by Crippen LogP contribution is -1.92. The predicted octanol–water partition coefficient (Wildman–Crippen LogP) is 4.81. The number of hydrogen-bond donors (Lipinski definition) is 0. The third-order valence-electron chi connectivity index (χ3n) is 3.35. The van der Waals surface area contributed by atoms with Crippen LogP contribution in [0.1, 0.15) is 77.0 Å². The molecule has 0 saturated carbocycles. The van der Waals surface area contributed by atoms with Gasteiger partial charge < -0.3 is 0 Å². The smallest absolute Gasteiger partial charge is 0.155 e. The van der Waals surface area contributed by atoms with E-state index in [1.54, 1.807) is 6.08 Å². The van der Waals surface area contributed by atoms with Crippen molar-refractivity contribution in [1.29, 1.82) is 0 Å². The van der Waals surface area contributed by atoms with E-state index in [0.29, 0.717) is 5.78 Å². The molecule has 0 fully saturated rings. The summed E-state index contributed by atoms with van der Waals surface area (Å²) in [4.78, 5) is 11.4. The van der Waals surface area contributed by atoms with Crippen LogP contribution < -0.4 is 0 Å². The van der Waals surface area contributed by atoms with Gasteiger partial charge in [-0.1, -0.05) is 57.4 Å². The van der Waals surface area contributed by atoms with Crippen LogP contribution >= 0.6 is 0 Å². The zero-order valence-corrected chi connectivity index (χ0v) is 10.5. The summed E-state index contributed by atoms with van der Waals surface area (Å²) in [5.74, 6) is 0.329. The highest BCUT2D eigenvalue weighted by atomic mass is 16.1. The fourth-order valence-electron chi connectivity index (χ4n) is 2.27. The van der Waals surface area contributed by atoms with Crippen LogP contribution in [0.25, 0.3) is 0 Å². The highest BCUT2D eigenvalue weighted by Gasteiger charge is 1.98. The molecule has 0 atom stereocenters. The molecule has 0 radical (unpaired) electrons. The summed E-state index contributed by atoms with van der Waals surface area (Å²) in [6, 6.07) is 0. The minimum Gasteiger partial charge on any atom is -0.295 e. The second-order valence-electron chi connectivity index (χ2n) is 4.94. The van der Waals surface area contributed by atoms with E-state index < -0.39 is 0 Å². The maximum atomic E-state index is 11.4. The molecule has 0 unspecified atom stereocenters. The van der Waals surface area contributed by atoms with Gasteiger partial charge in [-0.2, -0.15) is 0 Å². The van der Waals surface area contributed by atoms with Gasteiger partial charge >= 0.3 is 0 Å². The van der Waals surface area contributed by atoms with E-state index in [1.165, 1.54) is 57.8 Å². The molecule has 0 aliphatic heterocycles. The number of hydrogen-bond acceptors (Lipinski definition) is 1. The molecule has 1 heteroatoms. The Morgan fingerprint density at radius 1 is 0.688 bits per heavy atom. The summed E-state index contributed by atoms with van der Waals surface area (Å²) in [7, 11) is 0. The maximum absolute atomic E-state index is 11.4. The van der Waals surface area contributed by atoms with Gasteiger partial charge in [-0.25, -0.2) is 0 Å². The molecule has 0 heterocycles. The molecule has 92 valence electrons. The minimum atomic E-state index is 0.329. The average Bonchev–Trinajstić information content (AvgIpc) is 2.29. The highest BCUT2D eigenvalue weighted by molar-refractivity contribution is 5.89. The number of allylic oxidation sites excluding steroid dienone is 2. The lowest BCUT2D eigenvalue weighted by molar-refractivity contribution is -0.114. The van der Waals surface area contributed by atoms with Crippen LogP contribution in [0.4, 0.5) is 0 Å². The van der Waals surface area contributed by atoms with Gasteiger partial charge in [0.2, 0.25) is 0 Å². The third-order valence-corrected chi connectivity index (χ3v) is 3.35. The Bertz CT molecular complexity index is 205. The molecular formula is C15H26O. The second kappa shape index (κ2) is 9.62. The SMILES string of the molecule is O=C1/C=C\CCCCCCCCCCCC1. The van der Waals surface area contributed by atoms with Crippen molar-refractivity contribution >= 4 is 5.78 Å². The summed E-state index contributed by atoms with van der Waals surface area (Å²) in [6.45, 7) is 0. The Balaban J connectivity index is 2.21. The summed E-state index contributed by atoms with van der Waals surface area (Å²) in [5.41, 5.74) is 0. The monoisotopic (exact) mass is 222 g/mol.